The summed E-state index contributed by atoms with van der Waals surface area (Å²) < 4.78 is 5.05. The first-order valence-corrected chi connectivity index (χ1v) is 11.6. The maximum Gasteiger partial charge on any atom is 0.316 e. The van der Waals surface area contributed by atoms with Crippen LogP contribution in [0.4, 0.5) is 5.69 Å². The summed E-state index contributed by atoms with van der Waals surface area (Å²) in [5.74, 6) is -1.45. The van der Waals surface area contributed by atoms with Crippen LogP contribution in [0.1, 0.15) is 32.9 Å². The van der Waals surface area contributed by atoms with Crippen molar-refractivity contribution in [2.45, 2.75) is 32.5 Å². The van der Waals surface area contributed by atoms with Crippen molar-refractivity contribution in [1.82, 2.24) is 15.3 Å². The molecule has 0 atom stereocenters. The van der Waals surface area contributed by atoms with Crippen molar-refractivity contribution in [2.75, 3.05) is 17.7 Å². The molecule has 1 heterocycles. The Hall–Kier alpha value is -3.72. The summed E-state index contributed by atoms with van der Waals surface area (Å²) >= 11 is 1.14. The molecule has 0 unspecified atom stereocenters. The number of aromatic nitrogens is 2. The normalized spacial score (nSPS) is 10.4. The average Bonchev–Trinajstić information content (AvgIpc) is 2.80. The monoisotopic (exact) mass is 478 g/mol. The minimum absolute atomic E-state index is 0.0197. The average molecular weight is 479 g/mol. The Labute approximate surface area is 202 Å². The van der Waals surface area contributed by atoms with E-state index in [1.165, 1.54) is 0 Å². The van der Waals surface area contributed by atoms with Gasteiger partial charge in [-0.1, -0.05) is 53.7 Å². The van der Waals surface area contributed by atoms with Gasteiger partial charge >= 0.3 is 5.97 Å². The third kappa shape index (κ3) is 7.70. The number of ether oxygens (including phenoxy) is 1. The molecule has 9 heteroatoms. The van der Waals surface area contributed by atoms with E-state index in [2.05, 4.69) is 20.6 Å². The first kappa shape index (κ1) is 24.9. The molecule has 34 heavy (non-hydrogen) atoms. The lowest BCUT2D eigenvalue weighted by molar-refractivity contribution is -0.144. The molecule has 8 nitrogen and oxygen atoms in total. The predicted molar refractivity (Wildman–Crippen MR) is 131 cm³/mol. The number of aryl methyl sites for hydroxylation is 3. The van der Waals surface area contributed by atoms with Crippen LogP contribution in [0.15, 0.2) is 59.8 Å². The molecule has 3 rings (SSSR count). The number of carbonyl (C=O) groups is 3. The fraction of sp³-hybridized carbons (Fsp3) is 0.240. The lowest BCUT2D eigenvalue weighted by Gasteiger charge is -2.12. The van der Waals surface area contributed by atoms with Crippen LogP contribution in [0, 0.1) is 20.8 Å². The molecule has 2 N–H and O–H groups in total. The third-order valence-electron chi connectivity index (χ3n) is 4.66. The molecule has 3 aromatic rings. The van der Waals surface area contributed by atoms with Crippen molar-refractivity contribution in [3.8, 4) is 0 Å². The van der Waals surface area contributed by atoms with Gasteiger partial charge in [-0.05, 0) is 44.5 Å². The van der Waals surface area contributed by atoms with E-state index in [1.807, 2.05) is 51.1 Å². The highest BCUT2D eigenvalue weighted by Crippen LogP contribution is 2.16. The van der Waals surface area contributed by atoms with Crippen molar-refractivity contribution >= 4 is 35.2 Å². The van der Waals surface area contributed by atoms with Gasteiger partial charge in [0.15, 0.2) is 11.8 Å². The predicted octanol–water partition coefficient (Wildman–Crippen LogP) is 3.61. The number of benzene rings is 2. The molecule has 0 saturated carbocycles. The smallest absolute Gasteiger partial charge is 0.316 e. The zero-order chi connectivity index (χ0) is 24.5. The lowest BCUT2D eigenvalue weighted by Crippen LogP contribution is -2.26. The Morgan fingerprint density at radius 1 is 0.941 bits per heavy atom. The van der Waals surface area contributed by atoms with Crippen LogP contribution < -0.4 is 10.6 Å². The number of esters is 1. The molecular weight excluding hydrogens is 452 g/mol. The third-order valence-corrected chi connectivity index (χ3v) is 5.49. The summed E-state index contributed by atoms with van der Waals surface area (Å²) in [4.78, 5) is 45.5. The summed E-state index contributed by atoms with van der Waals surface area (Å²) in [7, 11) is 0. The molecule has 0 bridgehead atoms. The topological polar surface area (TPSA) is 110 Å². The molecule has 0 saturated heterocycles. The van der Waals surface area contributed by atoms with Gasteiger partial charge in [-0.25, -0.2) is 9.97 Å². The van der Waals surface area contributed by atoms with E-state index in [-0.39, 0.29) is 11.7 Å². The summed E-state index contributed by atoms with van der Waals surface area (Å²) in [6, 6.07) is 16.3. The Kier molecular flexibility index (Phi) is 8.75. The Balaban J connectivity index is 1.49. The van der Waals surface area contributed by atoms with Crippen LogP contribution in [-0.2, 0) is 20.9 Å². The van der Waals surface area contributed by atoms with Crippen LogP contribution in [-0.4, -0.2) is 40.1 Å². The van der Waals surface area contributed by atoms with Crippen molar-refractivity contribution in [3.63, 3.8) is 0 Å². The molecule has 0 spiro atoms. The minimum atomic E-state index is -0.563. The molecule has 0 aliphatic carbocycles. The zero-order valence-corrected chi connectivity index (χ0v) is 20.1. The van der Waals surface area contributed by atoms with Gasteiger partial charge in [-0.2, -0.15) is 0 Å². The van der Waals surface area contributed by atoms with E-state index in [1.54, 1.807) is 24.3 Å². The van der Waals surface area contributed by atoms with Crippen LogP contribution in [0.25, 0.3) is 0 Å². The fourth-order valence-electron chi connectivity index (χ4n) is 3.03. The van der Waals surface area contributed by atoms with Crippen molar-refractivity contribution < 1.29 is 19.1 Å². The van der Waals surface area contributed by atoms with E-state index < -0.39 is 18.5 Å². The minimum Gasteiger partial charge on any atom is -0.455 e. The second kappa shape index (κ2) is 11.9. The second-order valence-corrected chi connectivity index (χ2v) is 8.59. The van der Waals surface area contributed by atoms with Gasteiger partial charge in [0.1, 0.15) is 0 Å². The lowest BCUT2D eigenvalue weighted by atomic mass is 10.1. The van der Waals surface area contributed by atoms with Gasteiger partial charge < -0.3 is 15.4 Å². The number of nitrogens with one attached hydrogen (secondary N) is 2. The Morgan fingerprint density at radius 3 is 2.32 bits per heavy atom. The van der Waals surface area contributed by atoms with Crippen LogP contribution in [0.2, 0.25) is 0 Å². The first-order valence-electron chi connectivity index (χ1n) is 10.6. The molecule has 2 amide bonds. The molecule has 0 fully saturated rings. The summed E-state index contributed by atoms with van der Waals surface area (Å²) in [6.07, 6.45) is 0. The zero-order valence-electron chi connectivity index (χ0n) is 19.3. The molecule has 2 aromatic carbocycles. The molecule has 0 aliphatic heterocycles. The highest BCUT2D eigenvalue weighted by atomic mass is 32.2. The highest BCUT2D eigenvalue weighted by Gasteiger charge is 2.15. The molecular formula is C25H26N4O4S. The number of anilines is 1. The van der Waals surface area contributed by atoms with E-state index >= 15 is 0 Å². The summed E-state index contributed by atoms with van der Waals surface area (Å²) in [5.41, 5.74) is 4.38. The molecule has 0 radical (unpaired) electrons. The number of amides is 2. The van der Waals surface area contributed by atoms with Gasteiger partial charge in [0.25, 0.3) is 11.8 Å². The standard InChI is InChI=1S/C25H26N4O4S/c1-16-8-10-19(11-9-16)13-26-24(32)20-6-4-5-7-21(20)29-22(30)14-33-23(31)15-34-25-27-17(2)12-18(3)28-25/h4-12H,13-15H2,1-3H3,(H,26,32)(H,29,30). The Bertz CT molecular complexity index is 1160. The van der Waals surface area contributed by atoms with Crippen LogP contribution in [0.3, 0.4) is 0 Å². The van der Waals surface area contributed by atoms with Crippen molar-refractivity contribution in [1.29, 1.82) is 0 Å². The van der Waals surface area contributed by atoms with Gasteiger partial charge in [0.05, 0.1) is 17.0 Å². The number of carbonyl (C=O) groups excluding carboxylic acids is 3. The Morgan fingerprint density at radius 2 is 1.62 bits per heavy atom. The summed E-state index contributed by atoms with van der Waals surface area (Å²) in [6.45, 7) is 5.59. The van der Waals surface area contributed by atoms with Gasteiger partial charge in [0.2, 0.25) is 0 Å². The number of nitrogens with zero attached hydrogens (tertiary/aromatic N) is 2. The van der Waals surface area contributed by atoms with Crippen molar-refractivity contribution in [2.24, 2.45) is 0 Å². The van der Waals surface area contributed by atoms with Crippen LogP contribution >= 0.6 is 11.8 Å². The maximum atomic E-state index is 12.7. The van der Waals surface area contributed by atoms with Gasteiger partial charge in [-0.15, -0.1) is 0 Å². The maximum absolute atomic E-state index is 12.7. The molecule has 1 aromatic heterocycles. The van der Waals surface area contributed by atoms with E-state index in [9.17, 15) is 14.4 Å². The van der Waals surface area contributed by atoms with Gasteiger partial charge in [0, 0.05) is 17.9 Å². The number of para-hydroxylation sites is 1. The quantitative estimate of drug-likeness (QED) is 0.275. The number of hydrogen-bond donors (Lipinski definition) is 2. The highest BCUT2D eigenvalue weighted by molar-refractivity contribution is 7.99. The molecule has 176 valence electrons. The largest absolute Gasteiger partial charge is 0.455 e. The fourth-order valence-corrected chi connectivity index (χ4v) is 3.78. The van der Waals surface area contributed by atoms with E-state index in [0.29, 0.717) is 23.0 Å². The molecule has 0 aliphatic rings. The van der Waals surface area contributed by atoms with Crippen LogP contribution in [0.5, 0.6) is 0 Å². The summed E-state index contributed by atoms with van der Waals surface area (Å²) in [5, 5.41) is 5.96. The number of thioether (sulfide) groups is 1. The second-order valence-electron chi connectivity index (χ2n) is 7.64. The van der Waals surface area contributed by atoms with E-state index in [0.717, 1.165) is 34.3 Å². The SMILES string of the molecule is Cc1ccc(CNC(=O)c2ccccc2NC(=O)COC(=O)CSc2nc(C)cc(C)n2)cc1. The first-order chi connectivity index (χ1) is 16.3. The van der Waals surface area contributed by atoms with Gasteiger partial charge in [-0.3, -0.25) is 14.4 Å². The number of hydrogen-bond acceptors (Lipinski definition) is 7. The number of rotatable bonds is 9. The van der Waals surface area contributed by atoms with E-state index in [4.69, 9.17) is 4.74 Å². The van der Waals surface area contributed by atoms with Crippen molar-refractivity contribution in [3.05, 3.63) is 82.7 Å².